The van der Waals surface area contributed by atoms with E-state index in [1.807, 2.05) is 49.3 Å². The third kappa shape index (κ3) is 5.33. The van der Waals surface area contributed by atoms with Crippen molar-refractivity contribution in [2.45, 2.75) is 39.2 Å². The van der Waals surface area contributed by atoms with Gasteiger partial charge in [0.2, 0.25) is 0 Å². The van der Waals surface area contributed by atoms with Crippen LogP contribution in [0.1, 0.15) is 49.0 Å². The van der Waals surface area contributed by atoms with Crippen molar-refractivity contribution in [1.29, 1.82) is 0 Å². The zero-order valence-electron chi connectivity index (χ0n) is 16.7. The molecule has 144 valence electrons. The number of esters is 1. The molecule has 2 atom stereocenters. The van der Waals surface area contributed by atoms with Gasteiger partial charge >= 0.3 is 5.97 Å². The fourth-order valence-electron chi connectivity index (χ4n) is 2.69. The van der Waals surface area contributed by atoms with Crippen LogP contribution >= 0.6 is 0 Å². The summed E-state index contributed by atoms with van der Waals surface area (Å²) in [7, 11) is 3.80. The van der Waals surface area contributed by atoms with Gasteiger partial charge in [-0.3, -0.25) is 4.79 Å². The molecular weight excluding hydrogens is 340 g/mol. The van der Waals surface area contributed by atoms with Crippen LogP contribution in [0.5, 0.6) is 0 Å². The lowest BCUT2D eigenvalue weighted by atomic mass is 9.97. The first-order chi connectivity index (χ1) is 12.8. The number of rotatable bonds is 7. The van der Waals surface area contributed by atoms with Gasteiger partial charge in [0.25, 0.3) is 5.91 Å². The van der Waals surface area contributed by atoms with Crippen molar-refractivity contribution < 1.29 is 14.3 Å². The Morgan fingerprint density at radius 1 is 1.07 bits per heavy atom. The van der Waals surface area contributed by atoms with Crippen molar-refractivity contribution in [1.82, 2.24) is 0 Å². The maximum atomic E-state index is 12.5. The number of ether oxygens (including phenoxy) is 1. The molecule has 5 heteroatoms. The summed E-state index contributed by atoms with van der Waals surface area (Å²) in [6, 6.07) is 14.8. The highest BCUT2D eigenvalue weighted by Crippen LogP contribution is 2.26. The number of hydrogen-bond donors (Lipinski definition) is 1. The van der Waals surface area contributed by atoms with Crippen LogP contribution in [0.25, 0.3) is 0 Å². The number of nitrogens with zero attached hydrogens (tertiary/aromatic N) is 1. The molecule has 2 rings (SSSR count). The second-order valence-corrected chi connectivity index (χ2v) is 6.88. The summed E-state index contributed by atoms with van der Waals surface area (Å²) < 4.78 is 5.36. The van der Waals surface area contributed by atoms with Gasteiger partial charge in [0.05, 0.1) is 5.56 Å². The third-order valence-electron chi connectivity index (χ3n) is 4.61. The summed E-state index contributed by atoms with van der Waals surface area (Å²) in [4.78, 5) is 26.8. The van der Waals surface area contributed by atoms with E-state index in [4.69, 9.17) is 4.74 Å². The molecule has 0 aliphatic heterocycles. The number of carbonyl (C=O) groups excluding carboxylic acids is 2. The standard InChI is InChI=1S/C22H28N2O3/c1-6-15(2)19-12-7-8-13-20(19)23-21(25)16(3)27-22(26)17-10-9-11-18(14-17)24(4)5/h7-16H,6H2,1-5H3,(H,23,25)/t15-,16-/m0/s1. The lowest BCUT2D eigenvalue weighted by Crippen LogP contribution is -2.30. The molecule has 0 saturated heterocycles. The summed E-state index contributed by atoms with van der Waals surface area (Å²) >= 11 is 0. The van der Waals surface area contributed by atoms with Gasteiger partial charge in [-0.2, -0.15) is 0 Å². The van der Waals surface area contributed by atoms with E-state index in [1.165, 1.54) is 0 Å². The molecule has 0 unspecified atom stereocenters. The number of anilines is 2. The Morgan fingerprint density at radius 2 is 1.78 bits per heavy atom. The summed E-state index contributed by atoms with van der Waals surface area (Å²) in [5.41, 5.74) is 3.14. The van der Waals surface area contributed by atoms with E-state index in [1.54, 1.807) is 25.1 Å². The number of hydrogen-bond acceptors (Lipinski definition) is 4. The summed E-state index contributed by atoms with van der Waals surface area (Å²) in [5, 5.41) is 2.89. The fraction of sp³-hybridized carbons (Fsp3) is 0.364. The predicted molar refractivity (Wildman–Crippen MR) is 109 cm³/mol. The Balaban J connectivity index is 2.06. The summed E-state index contributed by atoms with van der Waals surface area (Å²) in [6.07, 6.45) is 0.0742. The van der Waals surface area contributed by atoms with E-state index in [0.29, 0.717) is 11.5 Å². The molecule has 0 radical (unpaired) electrons. The Hall–Kier alpha value is -2.82. The van der Waals surface area contributed by atoms with Gasteiger partial charge in [0.15, 0.2) is 6.10 Å². The molecule has 1 amide bonds. The molecule has 0 heterocycles. The highest BCUT2D eigenvalue weighted by atomic mass is 16.5. The fourth-order valence-corrected chi connectivity index (χ4v) is 2.69. The average Bonchev–Trinajstić information content (AvgIpc) is 2.67. The average molecular weight is 368 g/mol. The van der Waals surface area contributed by atoms with Crippen molar-refractivity contribution in [3.8, 4) is 0 Å². The van der Waals surface area contributed by atoms with E-state index in [9.17, 15) is 9.59 Å². The molecular formula is C22H28N2O3. The Morgan fingerprint density at radius 3 is 2.44 bits per heavy atom. The zero-order chi connectivity index (χ0) is 20.0. The molecule has 0 aromatic heterocycles. The van der Waals surface area contributed by atoms with Crippen molar-refractivity contribution in [2.75, 3.05) is 24.3 Å². The van der Waals surface area contributed by atoms with Gasteiger partial charge < -0.3 is 15.0 Å². The van der Waals surface area contributed by atoms with Gasteiger partial charge in [-0.15, -0.1) is 0 Å². The minimum Gasteiger partial charge on any atom is -0.449 e. The summed E-state index contributed by atoms with van der Waals surface area (Å²) in [5.74, 6) is -0.535. The molecule has 2 aromatic carbocycles. The molecule has 0 aliphatic carbocycles. The molecule has 5 nitrogen and oxygen atoms in total. The van der Waals surface area contributed by atoms with Crippen LogP contribution in [0.4, 0.5) is 11.4 Å². The highest BCUT2D eigenvalue weighted by molar-refractivity contribution is 5.98. The first kappa shape index (κ1) is 20.5. The maximum absolute atomic E-state index is 12.5. The SMILES string of the molecule is CC[C@H](C)c1ccccc1NC(=O)[C@H](C)OC(=O)c1cccc(N(C)C)c1. The van der Waals surface area contributed by atoms with E-state index in [2.05, 4.69) is 19.2 Å². The normalized spacial score (nSPS) is 12.8. The van der Waals surface area contributed by atoms with Gasteiger partial charge in [-0.1, -0.05) is 38.1 Å². The topological polar surface area (TPSA) is 58.6 Å². The number of amides is 1. The first-order valence-electron chi connectivity index (χ1n) is 9.21. The largest absolute Gasteiger partial charge is 0.449 e. The van der Waals surface area contributed by atoms with Crippen LogP contribution in [0.2, 0.25) is 0 Å². The Labute approximate surface area is 161 Å². The third-order valence-corrected chi connectivity index (χ3v) is 4.61. The molecule has 2 aromatic rings. The van der Waals surface area contributed by atoms with Crippen molar-refractivity contribution in [3.05, 3.63) is 59.7 Å². The lowest BCUT2D eigenvalue weighted by molar-refractivity contribution is -0.123. The molecule has 0 aliphatic rings. The molecule has 0 saturated carbocycles. The number of benzene rings is 2. The van der Waals surface area contributed by atoms with Crippen molar-refractivity contribution in [3.63, 3.8) is 0 Å². The van der Waals surface area contributed by atoms with Crippen LogP contribution < -0.4 is 10.2 Å². The van der Waals surface area contributed by atoms with Crippen LogP contribution in [0.15, 0.2) is 48.5 Å². The molecule has 27 heavy (non-hydrogen) atoms. The van der Waals surface area contributed by atoms with Crippen LogP contribution in [-0.2, 0) is 9.53 Å². The van der Waals surface area contributed by atoms with Gasteiger partial charge in [-0.25, -0.2) is 4.79 Å². The predicted octanol–water partition coefficient (Wildman–Crippen LogP) is 4.45. The van der Waals surface area contributed by atoms with E-state index in [-0.39, 0.29) is 5.91 Å². The van der Waals surface area contributed by atoms with Gasteiger partial charge in [0, 0.05) is 25.5 Å². The number of nitrogens with one attached hydrogen (secondary N) is 1. The maximum Gasteiger partial charge on any atom is 0.338 e. The van der Waals surface area contributed by atoms with Crippen molar-refractivity contribution in [2.24, 2.45) is 0 Å². The number of carbonyl (C=O) groups is 2. The van der Waals surface area contributed by atoms with E-state index < -0.39 is 12.1 Å². The minimum absolute atomic E-state index is 0.327. The van der Waals surface area contributed by atoms with Crippen LogP contribution in [0, 0.1) is 0 Å². The second kappa shape index (κ2) is 9.21. The Bertz CT molecular complexity index is 802. The van der Waals surface area contributed by atoms with Gasteiger partial charge in [0.1, 0.15) is 0 Å². The molecule has 1 N–H and O–H groups in total. The number of para-hydroxylation sites is 1. The van der Waals surface area contributed by atoms with Crippen molar-refractivity contribution >= 4 is 23.3 Å². The molecule has 0 fully saturated rings. The zero-order valence-corrected chi connectivity index (χ0v) is 16.7. The first-order valence-corrected chi connectivity index (χ1v) is 9.21. The summed E-state index contributed by atoms with van der Waals surface area (Å²) in [6.45, 7) is 5.80. The van der Waals surface area contributed by atoms with Gasteiger partial charge in [-0.05, 0) is 49.1 Å². The van der Waals surface area contributed by atoms with Crippen LogP contribution in [-0.4, -0.2) is 32.1 Å². The lowest BCUT2D eigenvalue weighted by Gasteiger charge is -2.18. The molecule has 0 bridgehead atoms. The molecule has 0 spiro atoms. The Kier molecular flexibility index (Phi) is 6.99. The van der Waals surface area contributed by atoms with E-state index >= 15 is 0 Å². The smallest absolute Gasteiger partial charge is 0.338 e. The monoisotopic (exact) mass is 368 g/mol. The van der Waals surface area contributed by atoms with Crippen LogP contribution in [0.3, 0.4) is 0 Å². The highest BCUT2D eigenvalue weighted by Gasteiger charge is 2.21. The van der Waals surface area contributed by atoms with E-state index in [0.717, 1.165) is 23.4 Å². The minimum atomic E-state index is -0.898. The second-order valence-electron chi connectivity index (χ2n) is 6.88. The quantitative estimate of drug-likeness (QED) is 0.734.